The molecule has 1 amide bonds. The summed E-state index contributed by atoms with van der Waals surface area (Å²) in [6.45, 7) is 17.6. The number of hydrogen-bond acceptors (Lipinski definition) is 8. The third-order valence-corrected chi connectivity index (χ3v) is 18.1. The minimum Gasteiger partial charge on any atom is -0.465 e. The summed E-state index contributed by atoms with van der Waals surface area (Å²) in [6, 6.07) is 0.596. The first-order chi connectivity index (χ1) is 40.8. The molecule has 1 aliphatic rings. The molecule has 83 heavy (non-hydrogen) atoms. The lowest BCUT2D eigenvalue weighted by Gasteiger charge is -2.36. The third kappa shape index (κ3) is 51.5. The van der Waals surface area contributed by atoms with Gasteiger partial charge < -0.3 is 19.9 Å². The fourth-order valence-corrected chi connectivity index (χ4v) is 12.5. The Labute approximate surface area is 516 Å². The van der Waals surface area contributed by atoms with Crippen LogP contribution in [0, 0.1) is 17.8 Å². The van der Waals surface area contributed by atoms with Gasteiger partial charge in [-0.15, -0.1) is 0 Å². The van der Waals surface area contributed by atoms with Crippen LogP contribution in [0.2, 0.25) is 0 Å². The van der Waals surface area contributed by atoms with Gasteiger partial charge in [-0.3, -0.25) is 24.2 Å². The fourth-order valence-electron chi connectivity index (χ4n) is 12.5. The number of esters is 2. The molecule has 1 saturated carbocycles. The standard InChI is InChI=1S/C74H141N3O6/c1-6-11-16-21-24-25-26-27-28-29-30-31-32-35-45-57-73(80)82-66-70(67-83-74(81)64-68(49-38-19-14-9-4)50-40-33-22-17-12-7-2)53-46-48-59-77(71-54-42-36-43-55-71)61-60-76(62-63-78)58-47-37-44-56-72(79)75-65-69(51-39-20-15-10-5)52-41-34-23-18-13-8-3/h24-25,27-28,68-71,78H,6-23,26,29-67H2,1-5H3,(H,75,79)/b25-24-,28-27-. The molecule has 2 N–H and O–H groups in total. The number of carbonyl (C=O) groups excluding carboxylic acids is 3. The van der Waals surface area contributed by atoms with Gasteiger partial charge in [0.15, 0.2) is 0 Å². The van der Waals surface area contributed by atoms with Gasteiger partial charge in [0.05, 0.1) is 19.8 Å². The molecule has 3 atom stereocenters. The van der Waals surface area contributed by atoms with Crippen molar-refractivity contribution in [3.63, 3.8) is 0 Å². The zero-order valence-corrected chi connectivity index (χ0v) is 56.0. The summed E-state index contributed by atoms with van der Waals surface area (Å²) in [5, 5.41) is 13.5. The molecule has 1 aliphatic carbocycles. The number of ether oxygens (including phenoxy) is 2. The quantitative estimate of drug-likeness (QED) is 0.0352. The van der Waals surface area contributed by atoms with Crippen molar-refractivity contribution in [3.05, 3.63) is 24.3 Å². The second-order valence-electron chi connectivity index (χ2n) is 26.0. The highest BCUT2D eigenvalue weighted by atomic mass is 16.5. The maximum atomic E-state index is 13.6. The summed E-state index contributed by atoms with van der Waals surface area (Å²) < 4.78 is 12.1. The molecule has 1 rings (SSSR count). The van der Waals surface area contributed by atoms with Gasteiger partial charge in [0.2, 0.25) is 5.91 Å². The number of rotatable bonds is 63. The molecule has 0 bridgehead atoms. The van der Waals surface area contributed by atoms with Gasteiger partial charge in [0, 0.05) is 57.4 Å². The van der Waals surface area contributed by atoms with Crippen LogP contribution in [0.4, 0.5) is 0 Å². The van der Waals surface area contributed by atoms with Crippen LogP contribution in [0.1, 0.15) is 349 Å². The van der Waals surface area contributed by atoms with Crippen LogP contribution in [0.3, 0.4) is 0 Å². The molecule has 0 aromatic carbocycles. The van der Waals surface area contributed by atoms with Gasteiger partial charge in [0.1, 0.15) is 0 Å². The first-order valence-corrected chi connectivity index (χ1v) is 36.7. The van der Waals surface area contributed by atoms with Crippen LogP contribution < -0.4 is 5.32 Å². The smallest absolute Gasteiger partial charge is 0.306 e. The summed E-state index contributed by atoms with van der Waals surface area (Å²) in [4.78, 5) is 44.9. The van der Waals surface area contributed by atoms with Gasteiger partial charge in [-0.1, -0.05) is 252 Å². The second-order valence-corrected chi connectivity index (χ2v) is 26.0. The summed E-state index contributed by atoms with van der Waals surface area (Å²) in [5.74, 6) is 1.00. The summed E-state index contributed by atoms with van der Waals surface area (Å²) in [7, 11) is 0. The van der Waals surface area contributed by atoms with Crippen molar-refractivity contribution in [1.29, 1.82) is 0 Å². The average molecular weight is 1170 g/mol. The molecule has 0 aromatic heterocycles. The largest absolute Gasteiger partial charge is 0.465 e. The van der Waals surface area contributed by atoms with E-state index in [4.69, 9.17) is 9.47 Å². The number of hydrogen-bond donors (Lipinski definition) is 2. The maximum absolute atomic E-state index is 13.6. The van der Waals surface area contributed by atoms with Crippen molar-refractivity contribution in [2.24, 2.45) is 17.8 Å². The van der Waals surface area contributed by atoms with Crippen LogP contribution in [-0.4, -0.2) is 97.9 Å². The number of aliphatic hydroxyl groups is 1. The van der Waals surface area contributed by atoms with Crippen LogP contribution >= 0.6 is 0 Å². The van der Waals surface area contributed by atoms with E-state index in [1.807, 2.05) is 0 Å². The molecule has 0 aromatic rings. The van der Waals surface area contributed by atoms with Crippen molar-refractivity contribution in [3.8, 4) is 0 Å². The highest BCUT2D eigenvalue weighted by molar-refractivity contribution is 5.75. The molecule has 9 heteroatoms. The summed E-state index contributed by atoms with van der Waals surface area (Å²) >= 11 is 0. The predicted octanol–water partition coefficient (Wildman–Crippen LogP) is 20.3. The van der Waals surface area contributed by atoms with Crippen molar-refractivity contribution < 1.29 is 29.0 Å². The molecular formula is C74H141N3O6. The molecule has 0 spiro atoms. The van der Waals surface area contributed by atoms with Gasteiger partial charge in [0.25, 0.3) is 0 Å². The highest BCUT2D eigenvalue weighted by Gasteiger charge is 2.23. The second kappa shape index (κ2) is 61.4. The lowest BCUT2D eigenvalue weighted by molar-refractivity contribution is -0.150. The molecule has 9 nitrogen and oxygen atoms in total. The van der Waals surface area contributed by atoms with E-state index in [9.17, 15) is 19.5 Å². The third-order valence-electron chi connectivity index (χ3n) is 18.1. The summed E-state index contributed by atoms with van der Waals surface area (Å²) in [5.41, 5.74) is 0. The first kappa shape index (κ1) is 78.8. The topological polar surface area (TPSA) is 108 Å². The molecular weight excluding hydrogens is 1030 g/mol. The minimum atomic E-state index is -0.120. The molecule has 0 saturated heterocycles. The minimum absolute atomic E-state index is 0.00420. The normalized spacial score (nSPS) is 14.4. The lowest BCUT2D eigenvalue weighted by atomic mass is 9.91. The van der Waals surface area contributed by atoms with Gasteiger partial charge in [-0.05, 0) is 128 Å². The van der Waals surface area contributed by atoms with Crippen LogP contribution in [0.5, 0.6) is 0 Å². The van der Waals surface area contributed by atoms with Crippen LogP contribution in [0.25, 0.3) is 0 Å². The van der Waals surface area contributed by atoms with E-state index in [0.29, 0.717) is 56.9 Å². The highest BCUT2D eigenvalue weighted by Crippen LogP contribution is 2.26. The van der Waals surface area contributed by atoms with Gasteiger partial charge in [-0.25, -0.2) is 0 Å². The van der Waals surface area contributed by atoms with E-state index in [1.54, 1.807) is 0 Å². The van der Waals surface area contributed by atoms with Crippen molar-refractivity contribution in [1.82, 2.24) is 15.1 Å². The van der Waals surface area contributed by atoms with E-state index in [-0.39, 0.29) is 30.4 Å². The van der Waals surface area contributed by atoms with Crippen LogP contribution in [-0.2, 0) is 23.9 Å². The fraction of sp³-hybridized carbons (Fsp3) is 0.905. The molecule has 0 radical (unpaired) electrons. The maximum Gasteiger partial charge on any atom is 0.306 e. The Kier molecular flexibility index (Phi) is 58.3. The number of nitrogens with zero attached hydrogens (tertiary/aromatic N) is 2. The number of nitrogens with one attached hydrogen (secondary N) is 1. The van der Waals surface area contributed by atoms with Gasteiger partial charge in [-0.2, -0.15) is 0 Å². The molecule has 488 valence electrons. The Morgan fingerprint density at radius 3 is 1.48 bits per heavy atom. The van der Waals surface area contributed by atoms with Gasteiger partial charge >= 0.3 is 11.9 Å². The first-order valence-electron chi connectivity index (χ1n) is 36.7. The molecule has 0 aliphatic heterocycles. The predicted molar refractivity (Wildman–Crippen MR) is 357 cm³/mol. The Morgan fingerprint density at radius 2 is 0.892 bits per heavy atom. The van der Waals surface area contributed by atoms with Crippen molar-refractivity contribution >= 4 is 17.8 Å². The van der Waals surface area contributed by atoms with E-state index < -0.39 is 0 Å². The molecule has 1 fully saturated rings. The number of carbonyl (C=O) groups is 3. The van der Waals surface area contributed by atoms with E-state index >= 15 is 0 Å². The number of unbranched alkanes of at least 4 members (excludes halogenated alkanes) is 27. The van der Waals surface area contributed by atoms with Crippen LogP contribution in [0.15, 0.2) is 24.3 Å². The molecule has 3 unspecified atom stereocenters. The number of allylic oxidation sites excluding steroid dienone is 4. The van der Waals surface area contributed by atoms with E-state index in [2.05, 4.69) is 74.0 Å². The zero-order valence-electron chi connectivity index (χ0n) is 56.0. The zero-order chi connectivity index (χ0) is 60.2. The Balaban J connectivity index is 2.79. The van der Waals surface area contributed by atoms with Crippen molar-refractivity contribution in [2.45, 2.75) is 355 Å². The average Bonchev–Trinajstić information content (AvgIpc) is 3.52. The monoisotopic (exact) mass is 1170 g/mol. The SMILES string of the molecule is CCCCC/C=C\C/C=C\CCCCCCCC(=O)OCC(CCCCN(CCN(CCO)CCCCCC(=O)NCC(CCCCCC)CCCCCCCC)C1CCCCC1)COC(=O)CC(CCCCCC)CCCCCCCC. The number of amides is 1. The number of aliphatic hydroxyl groups excluding tert-OH is 1. The Morgan fingerprint density at radius 1 is 0.446 bits per heavy atom. The van der Waals surface area contributed by atoms with E-state index in [1.165, 1.54) is 212 Å². The Hall–Kier alpha value is -2.23. The Bertz CT molecular complexity index is 1470. The van der Waals surface area contributed by atoms with E-state index in [0.717, 1.165) is 116 Å². The summed E-state index contributed by atoms with van der Waals surface area (Å²) in [6.07, 6.45) is 66.2. The van der Waals surface area contributed by atoms with Crippen molar-refractivity contribution in [2.75, 3.05) is 59.1 Å². The molecule has 0 heterocycles. The lowest BCUT2D eigenvalue weighted by Crippen LogP contribution is -2.43.